The van der Waals surface area contributed by atoms with Gasteiger partial charge in [0.2, 0.25) is 0 Å². The fourth-order valence-corrected chi connectivity index (χ4v) is 11.7. The Labute approximate surface area is 409 Å². The number of ether oxygens (including phenoxy) is 4. The van der Waals surface area contributed by atoms with Crippen molar-refractivity contribution in [2.45, 2.75) is 127 Å². The van der Waals surface area contributed by atoms with Gasteiger partial charge in [0.1, 0.15) is 0 Å². The molecule has 0 heterocycles. The number of methoxy groups -OCH3 is 2. The number of fused-ring (bicyclic) bond motifs is 6. The summed E-state index contributed by atoms with van der Waals surface area (Å²) < 4.78 is 23.5. The standard InChI is InChI=1S/C64H78O4/c1-5-7-9-11-13-21-35-63(36-22-14-12-10-8-6-2)59-45-51(49-23-17-15-18-24-49)27-31-55(59)56-33-29-53(47-60(56)63)54-30-34-58-57-32-28-52(50-25-19-16-20-26-50)46-61(57)64(62(58)48-54,37-39-67-43-41-65-3)38-40-68-44-42-66-4/h15-20,23-34,45-48H,5-14,21-22,35-44H2,1-4H3. The molecule has 6 aromatic carbocycles. The average molecular weight is 911 g/mol. The molecule has 0 spiro atoms. The lowest BCUT2D eigenvalue weighted by Gasteiger charge is -2.34. The molecule has 8 rings (SSSR count). The fourth-order valence-electron chi connectivity index (χ4n) is 11.7. The summed E-state index contributed by atoms with van der Waals surface area (Å²) in [5.74, 6) is 0. The van der Waals surface area contributed by atoms with Gasteiger partial charge in [0.25, 0.3) is 0 Å². The number of benzene rings is 6. The van der Waals surface area contributed by atoms with Gasteiger partial charge < -0.3 is 18.9 Å². The Bertz CT molecular complexity index is 2460. The monoisotopic (exact) mass is 911 g/mol. The van der Waals surface area contributed by atoms with Crippen LogP contribution in [0.25, 0.3) is 55.6 Å². The first-order valence-electron chi connectivity index (χ1n) is 26.4. The second kappa shape index (κ2) is 24.6. The second-order valence-corrected chi connectivity index (χ2v) is 19.7. The Morgan fingerprint density at radius 3 is 0.985 bits per heavy atom. The minimum absolute atomic E-state index is 0.0371. The van der Waals surface area contributed by atoms with Crippen LogP contribution >= 0.6 is 0 Å². The molecule has 0 amide bonds. The van der Waals surface area contributed by atoms with E-state index in [1.807, 2.05) is 0 Å². The molecule has 0 atom stereocenters. The Balaban J connectivity index is 1.23. The number of rotatable bonds is 29. The topological polar surface area (TPSA) is 36.9 Å². The van der Waals surface area contributed by atoms with Gasteiger partial charge in [0, 0.05) is 38.3 Å². The maximum atomic E-state index is 6.34. The maximum Gasteiger partial charge on any atom is 0.0700 e. The zero-order chi connectivity index (χ0) is 47.0. The molecular weight excluding hydrogens is 833 g/mol. The lowest BCUT2D eigenvalue weighted by Crippen LogP contribution is -2.30. The van der Waals surface area contributed by atoms with Gasteiger partial charge >= 0.3 is 0 Å². The molecule has 4 heteroatoms. The highest BCUT2D eigenvalue weighted by molar-refractivity contribution is 5.89. The van der Waals surface area contributed by atoms with E-state index in [0.29, 0.717) is 39.6 Å². The normalized spacial score (nSPS) is 13.9. The van der Waals surface area contributed by atoms with Crippen molar-refractivity contribution in [3.8, 4) is 55.6 Å². The van der Waals surface area contributed by atoms with Crippen LogP contribution in [0.15, 0.2) is 133 Å². The summed E-state index contributed by atoms with van der Waals surface area (Å²) in [7, 11) is 3.48. The summed E-state index contributed by atoms with van der Waals surface area (Å²) in [4.78, 5) is 0. The molecule has 0 aromatic heterocycles. The van der Waals surface area contributed by atoms with Gasteiger partial charge in [-0.15, -0.1) is 0 Å². The Kier molecular flexibility index (Phi) is 18.0. The first-order chi connectivity index (χ1) is 33.6. The van der Waals surface area contributed by atoms with Crippen LogP contribution < -0.4 is 0 Å². The third kappa shape index (κ3) is 11.1. The van der Waals surface area contributed by atoms with E-state index in [4.69, 9.17) is 18.9 Å². The summed E-state index contributed by atoms with van der Waals surface area (Å²) in [6, 6.07) is 51.3. The van der Waals surface area contributed by atoms with Gasteiger partial charge in [-0.1, -0.05) is 200 Å². The molecule has 68 heavy (non-hydrogen) atoms. The van der Waals surface area contributed by atoms with Gasteiger partial charge in [0.15, 0.2) is 0 Å². The van der Waals surface area contributed by atoms with Gasteiger partial charge in [0.05, 0.1) is 26.4 Å². The number of hydrogen-bond donors (Lipinski definition) is 0. The van der Waals surface area contributed by atoms with E-state index in [9.17, 15) is 0 Å². The number of unbranched alkanes of at least 4 members (excludes halogenated alkanes) is 10. The SMILES string of the molecule is CCCCCCCCC1(CCCCCCCC)c2cc(-c3ccccc3)ccc2-c2ccc(-c3ccc4c(c3)C(CCOCCOC)(CCOCCOC)c3cc(-c5ccccc5)ccc3-4)cc21. The molecule has 6 aromatic rings. The molecule has 0 saturated heterocycles. The van der Waals surface area contributed by atoms with E-state index in [2.05, 4.69) is 147 Å². The maximum absolute atomic E-state index is 6.34. The summed E-state index contributed by atoms with van der Waals surface area (Å²) in [5.41, 5.74) is 18.7. The average Bonchev–Trinajstić information content (AvgIpc) is 3.81. The molecule has 2 aliphatic rings. The van der Waals surface area contributed by atoms with Crippen LogP contribution in [0.3, 0.4) is 0 Å². The first-order valence-corrected chi connectivity index (χ1v) is 26.4. The third-order valence-electron chi connectivity index (χ3n) is 15.4. The smallest absolute Gasteiger partial charge is 0.0700 e. The van der Waals surface area contributed by atoms with Crippen molar-refractivity contribution in [1.82, 2.24) is 0 Å². The molecule has 0 N–H and O–H groups in total. The minimum atomic E-state index is -0.314. The molecular formula is C64H78O4. The quantitative estimate of drug-likeness (QED) is 0.0440. The van der Waals surface area contributed by atoms with E-state index < -0.39 is 0 Å². The van der Waals surface area contributed by atoms with E-state index in [0.717, 1.165) is 12.8 Å². The van der Waals surface area contributed by atoms with Crippen molar-refractivity contribution in [2.24, 2.45) is 0 Å². The van der Waals surface area contributed by atoms with E-state index >= 15 is 0 Å². The van der Waals surface area contributed by atoms with Crippen LogP contribution in [0.2, 0.25) is 0 Å². The predicted octanol–water partition coefficient (Wildman–Crippen LogP) is 16.8. The van der Waals surface area contributed by atoms with Crippen LogP contribution in [0.5, 0.6) is 0 Å². The lowest BCUT2D eigenvalue weighted by molar-refractivity contribution is 0.0491. The highest BCUT2D eigenvalue weighted by atomic mass is 16.5. The van der Waals surface area contributed by atoms with Crippen LogP contribution in [0.4, 0.5) is 0 Å². The van der Waals surface area contributed by atoms with Crippen molar-refractivity contribution < 1.29 is 18.9 Å². The summed E-state index contributed by atoms with van der Waals surface area (Å²) >= 11 is 0. The molecule has 0 radical (unpaired) electrons. The van der Waals surface area contributed by atoms with E-state index in [-0.39, 0.29) is 10.8 Å². The summed E-state index contributed by atoms with van der Waals surface area (Å²) in [6.45, 7) is 8.21. The molecule has 0 aliphatic heterocycles. The molecule has 0 saturated carbocycles. The Morgan fingerprint density at radius 1 is 0.309 bits per heavy atom. The number of hydrogen-bond acceptors (Lipinski definition) is 4. The van der Waals surface area contributed by atoms with Crippen molar-refractivity contribution in [1.29, 1.82) is 0 Å². The van der Waals surface area contributed by atoms with Gasteiger partial charge in [-0.3, -0.25) is 0 Å². The zero-order valence-electron chi connectivity index (χ0n) is 41.9. The van der Waals surface area contributed by atoms with E-state index in [1.54, 1.807) is 19.8 Å². The Hall–Kier alpha value is -4.84. The van der Waals surface area contributed by atoms with Crippen LogP contribution in [-0.2, 0) is 29.8 Å². The highest BCUT2D eigenvalue weighted by Gasteiger charge is 2.45. The van der Waals surface area contributed by atoms with Gasteiger partial charge in [-0.2, -0.15) is 0 Å². The predicted molar refractivity (Wildman–Crippen MR) is 286 cm³/mol. The molecule has 4 nitrogen and oxygen atoms in total. The molecule has 0 bridgehead atoms. The Morgan fingerprint density at radius 2 is 0.632 bits per heavy atom. The summed E-state index contributed by atoms with van der Waals surface area (Å²) in [5, 5.41) is 0. The molecule has 358 valence electrons. The van der Waals surface area contributed by atoms with Crippen LogP contribution in [0, 0.1) is 0 Å². The van der Waals surface area contributed by atoms with Gasteiger partial charge in [-0.25, -0.2) is 0 Å². The largest absolute Gasteiger partial charge is 0.382 e. The lowest BCUT2D eigenvalue weighted by atomic mass is 9.69. The van der Waals surface area contributed by atoms with Crippen LogP contribution in [-0.4, -0.2) is 53.9 Å². The zero-order valence-corrected chi connectivity index (χ0v) is 41.9. The van der Waals surface area contributed by atoms with Crippen molar-refractivity contribution in [2.75, 3.05) is 53.9 Å². The fraction of sp³-hybridized carbons (Fsp3) is 0.438. The van der Waals surface area contributed by atoms with Crippen molar-refractivity contribution >= 4 is 0 Å². The van der Waals surface area contributed by atoms with Crippen molar-refractivity contribution in [3.63, 3.8) is 0 Å². The first kappa shape index (κ1) is 49.6. The summed E-state index contributed by atoms with van der Waals surface area (Å²) in [6.07, 6.45) is 19.7. The third-order valence-corrected chi connectivity index (χ3v) is 15.4. The molecule has 2 aliphatic carbocycles. The van der Waals surface area contributed by atoms with Gasteiger partial charge in [-0.05, 0) is 128 Å². The van der Waals surface area contributed by atoms with Crippen LogP contribution in [0.1, 0.15) is 139 Å². The second-order valence-electron chi connectivity index (χ2n) is 19.7. The molecule has 0 fully saturated rings. The van der Waals surface area contributed by atoms with E-state index in [1.165, 1.54) is 162 Å². The van der Waals surface area contributed by atoms with Crippen molar-refractivity contribution in [3.05, 3.63) is 156 Å². The highest BCUT2D eigenvalue weighted by Crippen LogP contribution is 2.57. The molecule has 0 unspecified atom stereocenters. The minimum Gasteiger partial charge on any atom is -0.382 e.